The maximum Gasteiger partial charge on any atom is 0.260 e. The molecule has 0 aliphatic heterocycles. The first-order valence-corrected chi connectivity index (χ1v) is 6.02. The average Bonchev–Trinajstić information content (AvgIpc) is 2.29. The molecule has 0 spiro atoms. The van der Waals surface area contributed by atoms with Crippen LogP contribution in [0.5, 0.6) is 0 Å². The molecule has 1 aromatic rings. The van der Waals surface area contributed by atoms with Crippen molar-refractivity contribution in [3.63, 3.8) is 0 Å². The molecular formula is C14H21F2N. The van der Waals surface area contributed by atoms with Crippen molar-refractivity contribution in [2.75, 3.05) is 6.54 Å². The van der Waals surface area contributed by atoms with Crippen molar-refractivity contribution in [3.8, 4) is 0 Å². The smallest absolute Gasteiger partial charge is 0.260 e. The lowest BCUT2D eigenvalue weighted by Crippen LogP contribution is -2.46. The molecule has 0 fully saturated rings. The summed E-state index contributed by atoms with van der Waals surface area (Å²) in [5.74, 6) is 0. The van der Waals surface area contributed by atoms with Gasteiger partial charge >= 0.3 is 0 Å². The minimum absolute atomic E-state index is 0.591. The summed E-state index contributed by atoms with van der Waals surface area (Å²) in [5, 5.41) is 2.96. The van der Waals surface area contributed by atoms with Crippen molar-refractivity contribution >= 4 is 0 Å². The maximum absolute atomic E-state index is 13.3. The third kappa shape index (κ3) is 3.03. The van der Waals surface area contributed by atoms with Gasteiger partial charge in [0.1, 0.15) is 5.54 Å². The molecule has 0 bridgehead atoms. The Morgan fingerprint density at radius 2 is 1.88 bits per heavy atom. The van der Waals surface area contributed by atoms with Crippen LogP contribution in [0.15, 0.2) is 18.2 Å². The summed E-state index contributed by atoms with van der Waals surface area (Å²) < 4.78 is 26.5. The highest BCUT2D eigenvalue weighted by Crippen LogP contribution is 2.29. The van der Waals surface area contributed by atoms with Gasteiger partial charge in [0.25, 0.3) is 6.43 Å². The zero-order valence-electron chi connectivity index (χ0n) is 11.0. The van der Waals surface area contributed by atoms with Gasteiger partial charge in [-0.25, -0.2) is 8.78 Å². The van der Waals surface area contributed by atoms with E-state index in [-0.39, 0.29) is 0 Å². The number of alkyl halides is 2. The molecule has 0 saturated heterocycles. The van der Waals surface area contributed by atoms with Gasteiger partial charge in [0.05, 0.1) is 0 Å². The third-order valence-electron chi connectivity index (χ3n) is 3.29. The van der Waals surface area contributed by atoms with Gasteiger partial charge in [-0.2, -0.15) is 0 Å². The summed E-state index contributed by atoms with van der Waals surface area (Å²) in [4.78, 5) is 0. The molecule has 0 amide bonds. The van der Waals surface area contributed by atoms with E-state index in [1.54, 1.807) is 13.0 Å². The van der Waals surface area contributed by atoms with Crippen molar-refractivity contribution in [3.05, 3.63) is 34.9 Å². The van der Waals surface area contributed by atoms with Crippen LogP contribution in [0.4, 0.5) is 8.78 Å². The van der Waals surface area contributed by atoms with Crippen molar-refractivity contribution in [2.24, 2.45) is 0 Å². The zero-order chi connectivity index (χ0) is 13.1. The summed E-state index contributed by atoms with van der Waals surface area (Å²) in [5.41, 5.74) is 1.58. The largest absolute Gasteiger partial charge is 0.303 e. The highest BCUT2D eigenvalue weighted by atomic mass is 19.3. The lowest BCUT2D eigenvalue weighted by atomic mass is 9.90. The topological polar surface area (TPSA) is 12.0 Å². The van der Waals surface area contributed by atoms with E-state index in [0.717, 1.165) is 17.5 Å². The first-order valence-electron chi connectivity index (χ1n) is 6.02. The molecule has 1 atom stereocenters. The van der Waals surface area contributed by atoms with Gasteiger partial charge in [-0.05, 0) is 50.4 Å². The molecule has 0 aliphatic carbocycles. The second kappa shape index (κ2) is 5.58. The fraction of sp³-hybridized carbons (Fsp3) is 0.571. The molecule has 17 heavy (non-hydrogen) atoms. The van der Waals surface area contributed by atoms with Crippen LogP contribution < -0.4 is 5.32 Å². The molecule has 1 nitrogen and oxygen atoms in total. The van der Waals surface area contributed by atoms with Crippen LogP contribution >= 0.6 is 0 Å². The predicted molar refractivity (Wildman–Crippen MR) is 67.6 cm³/mol. The number of rotatable bonds is 5. The number of hydrogen-bond donors (Lipinski definition) is 1. The average molecular weight is 241 g/mol. The van der Waals surface area contributed by atoms with Crippen LogP contribution in [0.2, 0.25) is 0 Å². The zero-order valence-corrected chi connectivity index (χ0v) is 11.0. The molecule has 1 aromatic carbocycles. The lowest BCUT2D eigenvalue weighted by Gasteiger charge is -2.31. The van der Waals surface area contributed by atoms with E-state index in [4.69, 9.17) is 0 Å². The predicted octanol–water partition coefficient (Wildman–Crippen LogP) is 3.78. The number of halogens is 2. The minimum Gasteiger partial charge on any atom is -0.303 e. The fourth-order valence-electron chi connectivity index (χ4n) is 1.75. The van der Waals surface area contributed by atoms with E-state index in [1.807, 2.05) is 32.9 Å². The molecule has 3 heteroatoms. The first-order chi connectivity index (χ1) is 7.91. The highest BCUT2D eigenvalue weighted by molar-refractivity contribution is 5.34. The van der Waals surface area contributed by atoms with Crippen molar-refractivity contribution in [2.45, 2.75) is 46.1 Å². The van der Waals surface area contributed by atoms with E-state index in [0.29, 0.717) is 12.1 Å². The SMILES string of the molecule is CCCNC(C)(c1ccc(C)c(C)c1)C(F)F. The Kier molecular flexibility index (Phi) is 4.63. The van der Waals surface area contributed by atoms with Crippen molar-refractivity contribution in [1.82, 2.24) is 5.32 Å². The monoisotopic (exact) mass is 241 g/mol. The molecule has 0 aliphatic rings. The Hall–Kier alpha value is -0.960. The van der Waals surface area contributed by atoms with Gasteiger partial charge in [-0.3, -0.25) is 0 Å². The molecule has 1 N–H and O–H groups in total. The second-order valence-corrected chi connectivity index (χ2v) is 4.73. The van der Waals surface area contributed by atoms with E-state index in [9.17, 15) is 8.78 Å². The first kappa shape index (κ1) is 14.1. The van der Waals surface area contributed by atoms with Gasteiger partial charge < -0.3 is 5.32 Å². The van der Waals surface area contributed by atoms with E-state index < -0.39 is 12.0 Å². The molecule has 96 valence electrons. The van der Waals surface area contributed by atoms with E-state index in [2.05, 4.69) is 5.32 Å². The molecular weight excluding hydrogens is 220 g/mol. The Labute approximate surface area is 102 Å². The second-order valence-electron chi connectivity index (χ2n) is 4.73. The van der Waals surface area contributed by atoms with Crippen LogP contribution in [0.3, 0.4) is 0 Å². The summed E-state index contributed by atoms with van der Waals surface area (Å²) in [6.45, 7) is 8.06. The summed E-state index contributed by atoms with van der Waals surface area (Å²) in [6.07, 6.45) is -1.58. The molecule has 0 aromatic heterocycles. The summed E-state index contributed by atoms with van der Waals surface area (Å²) >= 11 is 0. The molecule has 1 rings (SSSR count). The van der Waals surface area contributed by atoms with Crippen LogP contribution in [0, 0.1) is 13.8 Å². The van der Waals surface area contributed by atoms with Crippen LogP contribution in [-0.4, -0.2) is 13.0 Å². The Balaban J connectivity index is 3.08. The summed E-state index contributed by atoms with van der Waals surface area (Å²) in [6, 6.07) is 5.54. The van der Waals surface area contributed by atoms with Crippen molar-refractivity contribution < 1.29 is 8.78 Å². The molecule has 0 radical (unpaired) electrons. The Morgan fingerprint density at radius 1 is 1.24 bits per heavy atom. The van der Waals surface area contributed by atoms with Crippen LogP contribution in [-0.2, 0) is 5.54 Å². The normalized spacial score (nSPS) is 15.0. The Morgan fingerprint density at radius 3 is 2.35 bits per heavy atom. The standard InChI is InChI=1S/C14H21F2N/c1-5-8-17-14(4,13(15)16)12-7-6-10(2)11(3)9-12/h6-7,9,13,17H,5,8H2,1-4H3. The van der Waals surface area contributed by atoms with Gasteiger partial charge in [-0.15, -0.1) is 0 Å². The van der Waals surface area contributed by atoms with Gasteiger partial charge in [0.15, 0.2) is 0 Å². The maximum atomic E-state index is 13.3. The third-order valence-corrected chi connectivity index (χ3v) is 3.29. The van der Waals surface area contributed by atoms with Crippen LogP contribution in [0.1, 0.15) is 37.0 Å². The van der Waals surface area contributed by atoms with Crippen LogP contribution in [0.25, 0.3) is 0 Å². The van der Waals surface area contributed by atoms with Gasteiger partial charge in [0.2, 0.25) is 0 Å². The van der Waals surface area contributed by atoms with E-state index in [1.165, 1.54) is 0 Å². The number of benzene rings is 1. The van der Waals surface area contributed by atoms with Crippen molar-refractivity contribution in [1.29, 1.82) is 0 Å². The number of aryl methyl sites for hydroxylation is 2. The number of hydrogen-bond acceptors (Lipinski definition) is 1. The van der Waals surface area contributed by atoms with Gasteiger partial charge in [-0.1, -0.05) is 25.1 Å². The fourth-order valence-corrected chi connectivity index (χ4v) is 1.75. The van der Waals surface area contributed by atoms with E-state index >= 15 is 0 Å². The quantitative estimate of drug-likeness (QED) is 0.827. The Bertz CT molecular complexity index is 376. The highest BCUT2D eigenvalue weighted by Gasteiger charge is 2.36. The number of nitrogens with one attached hydrogen (secondary N) is 1. The van der Waals surface area contributed by atoms with Gasteiger partial charge in [0, 0.05) is 0 Å². The molecule has 0 heterocycles. The molecule has 1 unspecified atom stereocenters. The minimum atomic E-state index is -2.42. The molecule has 0 saturated carbocycles. The summed E-state index contributed by atoms with van der Waals surface area (Å²) in [7, 11) is 0. The lowest BCUT2D eigenvalue weighted by molar-refractivity contribution is 0.0385.